The number of thiazole rings is 1. The molecule has 0 N–H and O–H groups in total. The van der Waals surface area contributed by atoms with Gasteiger partial charge in [-0.1, -0.05) is 26.8 Å². The van der Waals surface area contributed by atoms with Crippen molar-refractivity contribution in [3.05, 3.63) is 28.1 Å². The van der Waals surface area contributed by atoms with Crippen LogP contribution in [-0.4, -0.2) is 10.8 Å². The second kappa shape index (κ2) is 4.35. The van der Waals surface area contributed by atoms with Gasteiger partial charge in [-0.2, -0.15) is 0 Å². The number of ketones is 1. The molecule has 0 aliphatic carbocycles. The molecule has 0 saturated heterocycles. The second-order valence-corrected chi connectivity index (χ2v) is 6.93. The number of hydrogen-bond acceptors (Lipinski definition) is 4. The average Bonchev–Trinajstić information content (AvgIpc) is 2.85. The third kappa shape index (κ3) is 2.48. The predicted octanol–water partition coefficient (Wildman–Crippen LogP) is 4.37. The molecule has 2 rings (SSSR count). The number of rotatable bonds is 2. The molecule has 90 valence electrons. The van der Waals surface area contributed by atoms with Crippen LogP contribution in [0.3, 0.4) is 0 Å². The van der Waals surface area contributed by atoms with E-state index in [0.29, 0.717) is 0 Å². The monoisotopic (exact) mass is 265 g/mol. The van der Waals surface area contributed by atoms with Crippen molar-refractivity contribution in [2.24, 2.45) is 0 Å². The molecule has 17 heavy (non-hydrogen) atoms. The van der Waals surface area contributed by atoms with Crippen LogP contribution in [0, 0.1) is 0 Å². The molecule has 0 aliphatic rings. The molecule has 2 nitrogen and oxygen atoms in total. The second-order valence-electron chi connectivity index (χ2n) is 4.98. The fourth-order valence-electron chi connectivity index (χ4n) is 1.57. The Balaban J connectivity index is 2.56. The standard InChI is InChI=1S/C13H15NOS2/c1-8(15)10-11(13(2,3)4)14-12(17-10)9-6-5-7-16-9/h5-7H,1-4H3. The number of nitrogens with zero attached hydrogens (tertiary/aromatic N) is 1. The van der Waals surface area contributed by atoms with Crippen molar-refractivity contribution in [2.75, 3.05) is 0 Å². The van der Waals surface area contributed by atoms with Crippen molar-refractivity contribution in [1.29, 1.82) is 0 Å². The Bertz CT molecular complexity index is 532. The maximum Gasteiger partial charge on any atom is 0.171 e. The minimum atomic E-state index is -0.0903. The zero-order valence-corrected chi connectivity index (χ0v) is 12.0. The molecule has 2 heterocycles. The summed E-state index contributed by atoms with van der Waals surface area (Å²) in [6.07, 6.45) is 0. The highest BCUT2D eigenvalue weighted by Gasteiger charge is 2.25. The van der Waals surface area contributed by atoms with Gasteiger partial charge in [0.15, 0.2) is 5.78 Å². The van der Waals surface area contributed by atoms with Gasteiger partial charge in [0.1, 0.15) is 5.01 Å². The highest BCUT2D eigenvalue weighted by atomic mass is 32.1. The molecule has 0 saturated carbocycles. The summed E-state index contributed by atoms with van der Waals surface area (Å²) >= 11 is 3.16. The molecule has 0 spiro atoms. The van der Waals surface area contributed by atoms with Gasteiger partial charge in [-0.05, 0) is 11.4 Å². The molecule has 0 radical (unpaired) electrons. The first-order chi connectivity index (χ1) is 7.89. The van der Waals surface area contributed by atoms with Crippen molar-refractivity contribution < 1.29 is 4.79 Å². The molecule has 0 amide bonds. The molecule has 0 fully saturated rings. The number of carbonyl (C=O) groups is 1. The Morgan fingerprint density at radius 1 is 1.35 bits per heavy atom. The smallest absolute Gasteiger partial charge is 0.171 e. The van der Waals surface area contributed by atoms with Gasteiger partial charge in [0.05, 0.1) is 15.4 Å². The third-order valence-electron chi connectivity index (χ3n) is 2.39. The maximum absolute atomic E-state index is 11.7. The van der Waals surface area contributed by atoms with Crippen LogP contribution in [0.25, 0.3) is 9.88 Å². The molecule has 2 aromatic rings. The Hall–Kier alpha value is -1.00. The van der Waals surface area contributed by atoms with Gasteiger partial charge in [-0.25, -0.2) is 4.98 Å². The lowest BCUT2D eigenvalue weighted by Gasteiger charge is -2.16. The Morgan fingerprint density at radius 2 is 2.06 bits per heavy atom. The van der Waals surface area contributed by atoms with E-state index in [0.717, 1.165) is 20.5 Å². The summed E-state index contributed by atoms with van der Waals surface area (Å²) in [7, 11) is 0. The summed E-state index contributed by atoms with van der Waals surface area (Å²) in [5.41, 5.74) is 0.825. The van der Waals surface area contributed by atoms with E-state index in [2.05, 4.69) is 25.8 Å². The first kappa shape index (κ1) is 12.5. The van der Waals surface area contributed by atoms with E-state index in [9.17, 15) is 4.79 Å². The van der Waals surface area contributed by atoms with E-state index >= 15 is 0 Å². The van der Waals surface area contributed by atoms with E-state index in [1.54, 1.807) is 18.3 Å². The fourth-order valence-corrected chi connectivity index (χ4v) is 3.54. The molecule has 0 aliphatic heterocycles. The van der Waals surface area contributed by atoms with Crippen LogP contribution < -0.4 is 0 Å². The van der Waals surface area contributed by atoms with Gasteiger partial charge in [0.2, 0.25) is 0 Å². The molecule has 0 atom stereocenters. The molecule has 4 heteroatoms. The van der Waals surface area contributed by atoms with Gasteiger partial charge in [0, 0.05) is 12.3 Å². The number of aromatic nitrogens is 1. The van der Waals surface area contributed by atoms with Crippen LogP contribution in [0.1, 0.15) is 43.1 Å². The summed E-state index contributed by atoms with van der Waals surface area (Å²) < 4.78 is 0. The van der Waals surface area contributed by atoms with Crippen molar-refractivity contribution in [2.45, 2.75) is 33.1 Å². The highest BCUT2D eigenvalue weighted by molar-refractivity contribution is 7.22. The molecule has 2 aromatic heterocycles. The number of hydrogen-bond donors (Lipinski definition) is 0. The Labute approximate surface area is 109 Å². The van der Waals surface area contributed by atoms with Crippen molar-refractivity contribution in [1.82, 2.24) is 4.98 Å². The van der Waals surface area contributed by atoms with Crippen LogP contribution in [0.2, 0.25) is 0 Å². The normalized spacial score (nSPS) is 11.8. The lowest BCUT2D eigenvalue weighted by Crippen LogP contribution is -2.15. The van der Waals surface area contributed by atoms with Crippen LogP contribution in [0.15, 0.2) is 17.5 Å². The highest BCUT2D eigenvalue weighted by Crippen LogP contribution is 2.36. The first-order valence-electron chi connectivity index (χ1n) is 5.45. The summed E-state index contributed by atoms with van der Waals surface area (Å²) in [6, 6.07) is 4.05. The fraction of sp³-hybridized carbons (Fsp3) is 0.385. The largest absolute Gasteiger partial charge is 0.294 e. The minimum Gasteiger partial charge on any atom is -0.294 e. The molecule has 0 aromatic carbocycles. The van der Waals surface area contributed by atoms with E-state index < -0.39 is 0 Å². The average molecular weight is 265 g/mol. The van der Waals surface area contributed by atoms with Gasteiger partial charge in [-0.3, -0.25) is 4.79 Å². The van der Waals surface area contributed by atoms with Crippen LogP contribution in [0.4, 0.5) is 0 Å². The minimum absolute atomic E-state index is 0.0903. The van der Waals surface area contributed by atoms with Crippen molar-refractivity contribution in [3.63, 3.8) is 0 Å². The van der Waals surface area contributed by atoms with E-state index in [4.69, 9.17) is 0 Å². The summed E-state index contributed by atoms with van der Waals surface area (Å²) in [6.45, 7) is 7.88. The lowest BCUT2D eigenvalue weighted by molar-refractivity contribution is 0.101. The zero-order chi connectivity index (χ0) is 12.6. The van der Waals surface area contributed by atoms with Gasteiger partial charge < -0.3 is 0 Å². The van der Waals surface area contributed by atoms with Gasteiger partial charge in [-0.15, -0.1) is 22.7 Å². The quantitative estimate of drug-likeness (QED) is 0.755. The van der Waals surface area contributed by atoms with Crippen LogP contribution >= 0.6 is 22.7 Å². The Kier molecular flexibility index (Phi) is 3.19. The molecule has 0 bridgehead atoms. The number of Topliss-reactive ketones (excluding diaryl/α,β-unsaturated/α-hetero) is 1. The topological polar surface area (TPSA) is 30.0 Å². The molecule has 0 unspecified atom stereocenters. The maximum atomic E-state index is 11.7. The van der Waals surface area contributed by atoms with E-state index in [1.165, 1.54) is 11.3 Å². The van der Waals surface area contributed by atoms with Gasteiger partial charge in [0.25, 0.3) is 0 Å². The number of carbonyl (C=O) groups excluding carboxylic acids is 1. The van der Waals surface area contributed by atoms with Crippen molar-refractivity contribution >= 4 is 28.5 Å². The third-order valence-corrected chi connectivity index (χ3v) is 4.58. The lowest BCUT2D eigenvalue weighted by atomic mass is 9.91. The van der Waals surface area contributed by atoms with Gasteiger partial charge >= 0.3 is 0 Å². The number of thiophene rings is 1. The summed E-state index contributed by atoms with van der Waals surface area (Å²) in [5.74, 6) is 0.107. The summed E-state index contributed by atoms with van der Waals surface area (Å²) in [4.78, 5) is 18.2. The van der Waals surface area contributed by atoms with E-state index in [1.807, 2.05) is 17.5 Å². The zero-order valence-electron chi connectivity index (χ0n) is 10.4. The van der Waals surface area contributed by atoms with E-state index in [-0.39, 0.29) is 11.2 Å². The Morgan fingerprint density at radius 3 is 2.47 bits per heavy atom. The van der Waals surface area contributed by atoms with Crippen molar-refractivity contribution in [3.8, 4) is 9.88 Å². The predicted molar refractivity (Wildman–Crippen MR) is 74.1 cm³/mol. The molecular weight excluding hydrogens is 250 g/mol. The first-order valence-corrected chi connectivity index (χ1v) is 7.15. The summed E-state index contributed by atoms with van der Waals surface area (Å²) in [5, 5.41) is 2.98. The van der Waals surface area contributed by atoms with Crippen LogP contribution in [-0.2, 0) is 5.41 Å². The van der Waals surface area contributed by atoms with Crippen LogP contribution in [0.5, 0.6) is 0 Å². The molecular formula is C13H15NOS2. The SMILES string of the molecule is CC(=O)c1sc(-c2cccs2)nc1C(C)(C)C.